The molecule has 0 bridgehead atoms. The first-order chi connectivity index (χ1) is 20.6. The van der Waals surface area contributed by atoms with E-state index in [9.17, 15) is 22.8 Å². The van der Waals surface area contributed by atoms with Crippen molar-refractivity contribution in [2.75, 3.05) is 12.3 Å². The maximum Gasteiger partial charge on any atom is 0.418 e. The van der Waals surface area contributed by atoms with Crippen LogP contribution in [0.5, 0.6) is 0 Å². The second-order valence-corrected chi connectivity index (χ2v) is 11.7. The molecule has 4 N–H and O–H groups in total. The zero-order chi connectivity index (χ0) is 30.6. The fraction of sp³-hybridized carbons (Fsp3) is 0.321. The number of nitrogens with zero attached hydrogens (tertiary/aromatic N) is 3. The number of β-lactam (4-membered cyclic amide) rings is 1. The van der Waals surface area contributed by atoms with E-state index in [1.165, 1.54) is 5.38 Å². The summed E-state index contributed by atoms with van der Waals surface area (Å²) in [4.78, 5) is 48.2. The predicted molar refractivity (Wildman–Crippen MR) is 159 cm³/mol. The zero-order valence-electron chi connectivity index (χ0n) is 22.5. The summed E-state index contributed by atoms with van der Waals surface area (Å²) in [5, 5.41) is 8.53. The number of amides is 2. The van der Waals surface area contributed by atoms with E-state index in [0.717, 1.165) is 22.5 Å². The van der Waals surface area contributed by atoms with Crippen molar-refractivity contribution in [2.45, 2.75) is 50.8 Å². The quantitative estimate of drug-likeness (QED) is 0.0910. The van der Waals surface area contributed by atoms with Crippen molar-refractivity contribution in [3.8, 4) is 0 Å². The number of carbonyl (C=O) groups excluding carboxylic acids is 3. The number of hydrogen-bond donors (Lipinski definition) is 3. The molecule has 234 valence electrons. The number of thiazole rings is 1. The average Bonchev–Trinajstić information content (AvgIpc) is 3.67. The Morgan fingerprint density at radius 3 is 2.23 bits per heavy atom. The van der Waals surface area contributed by atoms with Gasteiger partial charge in [-0.1, -0.05) is 86.1 Å². The van der Waals surface area contributed by atoms with E-state index in [0.29, 0.717) is 30.7 Å². The van der Waals surface area contributed by atoms with Crippen molar-refractivity contribution in [3.05, 3.63) is 82.9 Å². The van der Waals surface area contributed by atoms with Crippen LogP contribution in [-0.4, -0.2) is 64.7 Å². The zero-order valence-corrected chi connectivity index (χ0v) is 24.1. The number of oxime groups is 1. The number of anilines is 1. The minimum atomic E-state index is -4.97. The number of aromatic nitrogens is 1. The Balaban J connectivity index is 0.00000442. The summed E-state index contributed by atoms with van der Waals surface area (Å²) in [6.07, 6.45) is 1.19. The van der Waals surface area contributed by atoms with Gasteiger partial charge < -0.3 is 20.6 Å². The molecular formula is C28H31N5O9S2. The first kappa shape index (κ1) is 32.5. The molecule has 1 saturated heterocycles. The lowest BCUT2D eigenvalue weighted by Gasteiger charge is -2.52. The molecule has 5 rings (SSSR count). The summed E-state index contributed by atoms with van der Waals surface area (Å²) < 4.78 is 41.9. The maximum atomic E-state index is 13.4. The molecule has 2 fully saturated rings. The summed E-state index contributed by atoms with van der Waals surface area (Å²) in [6.45, 7) is -0.658. The molecule has 14 nitrogen and oxygen atoms in total. The van der Waals surface area contributed by atoms with Gasteiger partial charge in [-0.05, 0) is 24.0 Å². The second-order valence-electron chi connectivity index (χ2n) is 9.83. The summed E-state index contributed by atoms with van der Waals surface area (Å²) in [5.41, 5.74) is 5.69. The highest BCUT2D eigenvalue weighted by Crippen LogP contribution is 2.46. The minimum absolute atomic E-state index is 0. The van der Waals surface area contributed by atoms with Gasteiger partial charge in [0, 0.05) is 5.38 Å². The van der Waals surface area contributed by atoms with Gasteiger partial charge in [0.15, 0.2) is 16.9 Å². The highest BCUT2D eigenvalue weighted by atomic mass is 32.3. The molecule has 1 atom stereocenters. The molecule has 1 unspecified atom stereocenters. The minimum Gasteiger partial charge on any atom is -0.450 e. The molecule has 1 spiro atoms. The Morgan fingerprint density at radius 1 is 1.11 bits per heavy atom. The summed E-state index contributed by atoms with van der Waals surface area (Å²) in [5.74, 6) is -2.53. The van der Waals surface area contributed by atoms with Crippen LogP contribution < -0.4 is 11.1 Å². The summed E-state index contributed by atoms with van der Waals surface area (Å²) >= 11 is 1.03. The third-order valence-electron chi connectivity index (χ3n) is 7.07. The van der Waals surface area contributed by atoms with Crippen molar-refractivity contribution >= 4 is 50.4 Å². The summed E-state index contributed by atoms with van der Waals surface area (Å²) in [6, 6.07) is 17.1. The second kappa shape index (κ2) is 13.5. The van der Waals surface area contributed by atoms with Crippen LogP contribution in [0.15, 0.2) is 71.2 Å². The van der Waals surface area contributed by atoms with Crippen LogP contribution in [0.1, 0.15) is 56.0 Å². The Labute approximate surface area is 257 Å². The molecule has 2 aromatic carbocycles. The Kier molecular flexibility index (Phi) is 9.98. The molecule has 0 radical (unpaired) electrons. The molecular weight excluding hydrogens is 614 g/mol. The highest BCUT2D eigenvalue weighted by Gasteiger charge is 2.64. The highest BCUT2D eigenvalue weighted by molar-refractivity contribution is 7.80. The fourth-order valence-corrected chi connectivity index (χ4v) is 6.16. The topological polar surface area (TPSA) is 200 Å². The number of nitrogens with one attached hydrogen (secondary N) is 1. The van der Waals surface area contributed by atoms with Gasteiger partial charge >= 0.3 is 16.4 Å². The van der Waals surface area contributed by atoms with Crippen LogP contribution >= 0.6 is 11.3 Å². The van der Waals surface area contributed by atoms with Gasteiger partial charge in [0.2, 0.25) is 6.61 Å². The summed E-state index contributed by atoms with van der Waals surface area (Å²) in [7, 11) is -4.97. The Bertz CT molecular complexity index is 1590. The van der Waals surface area contributed by atoms with E-state index in [1.54, 1.807) is 0 Å². The molecule has 1 aromatic heterocycles. The van der Waals surface area contributed by atoms with Crippen LogP contribution in [0.2, 0.25) is 0 Å². The number of esters is 1. The molecule has 2 aliphatic rings. The van der Waals surface area contributed by atoms with E-state index in [4.69, 9.17) is 19.9 Å². The predicted octanol–water partition coefficient (Wildman–Crippen LogP) is 2.79. The van der Waals surface area contributed by atoms with E-state index in [2.05, 4.69) is 19.7 Å². The standard InChI is InChI=1S/C27H27N5O9S2.CH4/c28-26-29-19(16-42-26)21(24(34)30-23-25(35)32(41-43(36,37)38)27(23)13-7-8-14-27)31-39-15-20(33)40-22(17-9-3-1-4-10-17)18-11-5-2-6-12-18;/h1-6,9-12,16,22-23H,7-8,13-15H2,(H2,28,29)(H,30,34)(H,36,37,38);1H4/b31-21-;. The SMILES string of the molecule is C.Nc1nc(/C(=N/OCC(=O)OC(c2ccccc2)c2ccccc2)C(=O)NC2C(=O)N(OS(=O)(=O)O)C23CCCC3)cs1. The lowest BCUT2D eigenvalue weighted by atomic mass is 9.79. The van der Waals surface area contributed by atoms with Gasteiger partial charge in [-0.15, -0.1) is 15.6 Å². The number of nitrogen functional groups attached to an aromatic ring is 1. The van der Waals surface area contributed by atoms with Gasteiger partial charge in [-0.2, -0.15) is 13.5 Å². The van der Waals surface area contributed by atoms with Crippen molar-refractivity contribution in [1.82, 2.24) is 15.4 Å². The van der Waals surface area contributed by atoms with E-state index in [-0.39, 0.29) is 24.0 Å². The van der Waals surface area contributed by atoms with Crippen LogP contribution in [0.3, 0.4) is 0 Å². The number of hydroxylamine groups is 2. The van der Waals surface area contributed by atoms with Crippen LogP contribution in [0, 0.1) is 0 Å². The maximum absolute atomic E-state index is 13.4. The van der Waals surface area contributed by atoms with Crippen LogP contribution in [0.4, 0.5) is 5.13 Å². The molecule has 2 heterocycles. The largest absolute Gasteiger partial charge is 0.450 e. The van der Waals surface area contributed by atoms with E-state index >= 15 is 0 Å². The van der Waals surface area contributed by atoms with E-state index < -0.39 is 52.5 Å². The molecule has 1 saturated carbocycles. The number of carbonyl (C=O) groups is 3. The monoisotopic (exact) mass is 645 g/mol. The first-order valence-electron chi connectivity index (χ1n) is 13.1. The normalized spacial score (nSPS) is 17.6. The number of rotatable bonds is 11. The third kappa shape index (κ3) is 7.05. The number of hydrogen-bond acceptors (Lipinski definition) is 12. The average molecular weight is 646 g/mol. The van der Waals surface area contributed by atoms with Crippen molar-refractivity contribution in [2.24, 2.45) is 5.16 Å². The third-order valence-corrected chi connectivity index (χ3v) is 8.09. The van der Waals surface area contributed by atoms with Crippen molar-refractivity contribution in [3.63, 3.8) is 0 Å². The molecule has 44 heavy (non-hydrogen) atoms. The molecule has 1 aliphatic heterocycles. The smallest absolute Gasteiger partial charge is 0.418 e. The number of benzene rings is 2. The van der Waals surface area contributed by atoms with Crippen LogP contribution in [0.25, 0.3) is 0 Å². The molecule has 2 amide bonds. The molecule has 3 aromatic rings. The van der Waals surface area contributed by atoms with Gasteiger partial charge in [0.1, 0.15) is 17.3 Å². The van der Waals surface area contributed by atoms with Gasteiger partial charge in [-0.3, -0.25) is 14.1 Å². The molecule has 1 aliphatic carbocycles. The van der Waals surface area contributed by atoms with Crippen molar-refractivity contribution in [1.29, 1.82) is 0 Å². The lowest BCUT2D eigenvalue weighted by Crippen LogP contribution is -2.78. The van der Waals surface area contributed by atoms with E-state index in [1.807, 2.05) is 60.7 Å². The lowest BCUT2D eigenvalue weighted by molar-refractivity contribution is -0.225. The van der Waals surface area contributed by atoms with Gasteiger partial charge in [0.05, 0.1) is 0 Å². The number of nitrogens with two attached hydrogens (primary N) is 1. The van der Waals surface area contributed by atoms with Gasteiger partial charge in [0.25, 0.3) is 11.8 Å². The first-order valence-corrected chi connectivity index (χ1v) is 15.3. The molecule has 16 heteroatoms. The Hall–Kier alpha value is -4.38. The van der Waals surface area contributed by atoms with Crippen LogP contribution in [-0.2, 0) is 38.6 Å². The number of ether oxygens (including phenoxy) is 1. The van der Waals surface area contributed by atoms with Gasteiger partial charge in [-0.25, -0.2) is 9.78 Å². The Morgan fingerprint density at radius 2 is 1.70 bits per heavy atom. The van der Waals surface area contributed by atoms with Crippen molar-refractivity contribution < 1.29 is 41.2 Å². The fourth-order valence-electron chi connectivity index (χ4n) is 5.20.